The molecule has 1 aromatic rings. The smallest absolute Gasteiger partial charge is 0.229 e. The van der Waals surface area contributed by atoms with Crippen molar-refractivity contribution < 1.29 is 4.79 Å². The second kappa shape index (κ2) is 6.25. The lowest BCUT2D eigenvalue weighted by molar-refractivity contribution is -0.118. The fourth-order valence-corrected chi connectivity index (χ4v) is 3.73. The number of hydrogen-bond acceptors (Lipinski definition) is 3. The molecule has 0 heterocycles. The van der Waals surface area contributed by atoms with E-state index in [2.05, 4.69) is 34.9 Å². The Kier molecular flexibility index (Phi) is 4.66. The van der Waals surface area contributed by atoms with Crippen LogP contribution in [0.25, 0.3) is 0 Å². The topological polar surface area (TPSA) is 41.1 Å². The van der Waals surface area contributed by atoms with E-state index < -0.39 is 0 Å². The van der Waals surface area contributed by atoms with Gasteiger partial charge in [-0.15, -0.1) is 11.8 Å². The number of rotatable bonds is 5. The van der Waals surface area contributed by atoms with Gasteiger partial charge in [0, 0.05) is 17.8 Å². The molecule has 1 amide bonds. The first kappa shape index (κ1) is 13.4. The molecule has 18 heavy (non-hydrogen) atoms. The average molecular weight is 264 g/mol. The molecule has 0 aliphatic heterocycles. The van der Waals surface area contributed by atoms with Gasteiger partial charge in [0.1, 0.15) is 0 Å². The largest absolute Gasteiger partial charge is 0.356 e. The maximum atomic E-state index is 11.5. The monoisotopic (exact) mass is 264 g/mol. The van der Waals surface area contributed by atoms with E-state index in [4.69, 9.17) is 0 Å². The highest BCUT2D eigenvalue weighted by Gasteiger charge is 2.31. The summed E-state index contributed by atoms with van der Waals surface area (Å²) in [5.41, 5.74) is 2.79. The Labute approximate surface area is 113 Å². The molecular weight excluding hydrogens is 244 g/mol. The normalized spacial score (nSPS) is 21.7. The molecule has 98 valence electrons. The highest BCUT2D eigenvalue weighted by Crippen LogP contribution is 2.37. The van der Waals surface area contributed by atoms with Crippen LogP contribution in [-0.4, -0.2) is 30.5 Å². The molecular formula is C14H20N2OS. The van der Waals surface area contributed by atoms with Gasteiger partial charge in [0.25, 0.3) is 0 Å². The highest BCUT2D eigenvalue weighted by atomic mass is 32.2. The van der Waals surface area contributed by atoms with E-state index in [-0.39, 0.29) is 5.91 Å². The van der Waals surface area contributed by atoms with Crippen LogP contribution in [0.4, 0.5) is 0 Å². The lowest BCUT2D eigenvalue weighted by Crippen LogP contribution is -2.28. The fraction of sp³-hybridized carbons (Fsp3) is 0.500. The van der Waals surface area contributed by atoms with E-state index in [1.807, 2.05) is 14.0 Å². The Hall–Kier alpha value is -1.00. The third-order valence-corrected chi connectivity index (χ3v) is 4.59. The van der Waals surface area contributed by atoms with Crippen LogP contribution >= 0.6 is 11.8 Å². The van der Waals surface area contributed by atoms with Crippen molar-refractivity contribution in [1.29, 1.82) is 0 Å². The van der Waals surface area contributed by atoms with Gasteiger partial charge in [-0.25, -0.2) is 0 Å². The van der Waals surface area contributed by atoms with Gasteiger partial charge in [0.05, 0.1) is 5.75 Å². The maximum Gasteiger partial charge on any atom is 0.229 e. The molecule has 2 N–H and O–H groups in total. The van der Waals surface area contributed by atoms with Gasteiger partial charge in [0.15, 0.2) is 0 Å². The number of benzene rings is 1. The van der Waals surface area contributed by atoms with Gasteiger partial charge >= 0.3 is 0 Å². The van der Waals surface area contributed by atoms with Crippen LogP contribution in [-0.2, 0) is 11.2 Å². The summed E-state index contributed by atoms with van der Waals surface area (Å²) >= 11 is 1.75. The molecule has 0 spiro atoms. The lowest BCUT2D eigenvalue weighted by Gasteiger charge is -2.19. The zero-order valence-corrected chi connectivity index (χ0v) is 11.7. The Morgan fingerprint density at radius 1 is 1.44 bits per heavy atom. The van der Waals surface area contributed by atoms with Gasteiger partial charge in [-0.3, -0.25) is 4.79 Å². The number of carbonyl (C=O) groups is 1. The Morgan fingerprint density at radius 2 is 2.22 bits per heavy atom. The molecule has 0 fully saturated rings. The first-order chi connectivity index (χ1) is 8.76. The third kappa shape index (κ3) is 2.87. The predicted octanol–water partition coefficient (Wildman–Crippen LogP) is 1.74. The number of nitrogens with one attached hydrogen (secondary N) is 2. The van der Waals surface area contributed by atoms with E-state index in [0.29, 0.717) is 23.6 Å². The zero-order chi connectivity index (χ0) is 13.0. The second-order valence-corrected chi connectivity index (χ2v) is 5.70. The molecule has 1 aromatic carbocycles. The Balaban J connectivity index is 1.97. The van der Waals surface area contributed by atoms with Crippen molar-refractivity contribution in [3.63, 3.8) is 0 Å². The molecule has 2 rings (SSSR count). The van der Waals surface area contributed by atoms with E-state index in [0.717, 1.165) is 6.42 Å². The molecule has 0 saturated heterocycles. The Bertz CT molecular complexity index is 422. The van der Waals surface area contributed by atoms with E-state index in [1.165, 1.54) is 11.1 Å². The second-order valence-electron chi connectivity index (χ2n) is 4.47. The summed E-state index contributed by atoms with van der Waals surface area (Å²) in [4.78, 5) is 11.5. The quantitative estimate of drug-likeness (QED) is 0.851. The van der Waals surface area contributed by atoms with Crippen LogP contribution in [0.5, 0.6) is 0 Å². The molecule has 1 aliphatic rings. The van der Waals surface area contributed by atoms with Crippen LogP contribution in [0.1, 0.15) is 24.1 Å². The minimum Gasteiger partial charge on any atom is -0.356 e. The van der Waals surface area contributed by atoms with Crippen molar-refractivity contribution in [2.24, 2.45) is 0 Å². The molecule has 0 saturated carbocycles. The summed E-state index contributed by atoms with van der Waals surface area (Å²) in [6.07, 6.45) is 1.05. The van der Waals surface area contributed by atoms with Crippen LogP contribution in [0, 0.1) is 0 Å². The van der Waals surface area contributed by atoms with Gasteiger partial charge in [-0.05, 0) is 31.5 Å². The molecule has 2 atom stereocenters. The summed E-state index contributed by atoms with van der Waals surface area (Å²) < 4.78 is 0. The van der Waals surface area contributed by atoms with Gasteiger partial charge in [-0.2, -0.15) is 0 Å². The van der Waals surface area contributed by atoms with Gasteiger partial charge in [0.2, 0.25) is 5.91 Å². The molecule has 3 nitrogen and oxygen atoms in total. The fourth-order valence-electron chi connectivity index (χ4n) is 2.49. The van der Waals surface area contributed by atoms with Crippen LogP contribution in [0.15, 0.2) is 24.3 Å². The summed E-state index contributed by atoms with van der Waals surface area (Å²) in [6, 6.07) is 8.90. The molecule has 2 unspecified atom stereocenters. The summed E-state index contributed by atoms with van der Waals surface area (Å²) in [7, 11) is 1.99. The van der Waals surface area contributed by atoms with Gasteiger partial charge in [-0.1, -0.05) is 24.3 Å². The van der Waals surface area contributed by atoms with Crippen LogP contribution < -0.4 is 10.6 Å². The summed E-state index contributed by atoms with van der Waals surface area (Å²) in [5.74, 6) is 0.679. The number of thioether (sulfide) groups is 1. The summed E-state index contributed by atoms with van der Waals surface area (Å²) in [5, 5.41) is 6.67. The van der Waals surface area contributed by atoms with E-state index >= 15 is 0 Å². The first-order valence-corrected chi connectivity index (χ1v) is 7.44. The Morgan fingerprint density at radius 3 is 2.94 bits per heavy atom. The SMILES string of the molecule is CCNC(=O)CSC1Cc2ccccc2C1NC. The van der Waals surface area contributed by atoms with Crippen molar-refractivity contribution in [2.75, 3.05) is 19.3 Å². The summed E-state index contributed by atoms with van der Waals surface area (Å²) in [6.45, 7) is 2.66. The van der Waals surface area contributed by atoms with Crippen molar-refractivity contribution >= 4 is 17.7 Å². The van der Waals surface area contributed by atoms with E-state index in [9.17, 15) is 4.79 Å². The number of hydrogen-bond donors (Lipinski definition) is 2. The molecule has 0 aromatic heterocycles. The molecule has 0 radical (unpaired) electrons. The maximum absolute atomic E-state index is 11.5. The highest BCUT2D eigenvalue weighted by molar-refractivity contribution is 8.00. The number of amides is 1. The van der Waals surface area contributed by atoms with Crippen molar-refractivity contribution in [1.82, 2.24) is 10.6 Å². The minimum absolute atomic E-state index is 0.133. The molecule has 0 bridgehead atoms. The molecule has 4 heteroatoms. The molecule has 1 aliphatic carbocycles. The van der Waals surface area contributed by atoms with E-state index in [1.54, 1.807) is 11.8 Å². The third-order valence-electron chi connectivity index (χ3n) is 3.30. The number of fused-ring (bicyclic) bond motifs is 1. The standard InChI is InChI=1S/C14H20N2OS/c1-3-16-13(17)9-18-12-8-10-6-4-5-7-11(10)14(12)15-2/h4-7,12,14-15H,3,8-9H2,1-2H3,(H,16,17). The van der Waals surface area contributed by atoms with Crippen molar-refractivity contribution in [3.05, 3.63) is 35.4 Å². The van der Waals surface area contributed by atoms with Crippen LogP contribution in [0.3, 0.4) is 0 Å². The predicted molar refractivity (Wildman–Crippen MR) is 76.9 cm³/mol. The zero-order valence-electron chi connectivity index (χ0n) is 10.9. The minimum atomic E-state index is 0.133. The number of carbonyl (C=O) groups excluding carboxylic acids is 1. The average Bonchev–Trinajstić information content (AvgIpc) is 2.74. The van der Waals surface area contributed by atoms with Crippen molar-refractivity contribution in [2.45, 2.75) is 24.6 Å². The van der Waals surface area contributed by atoms with Gasteiger partial charge < -0.3 is 10.6 Å². The lowest BCUT2D eigenvalue weighted by atomic mass is 10.1. The van der Waals surface area contributed by atoms with Crippen molar-refractivity contribution in [3.8, 4) is 0 Å². The van der Waals surface area contributed by atoms with Crippen LogP contribution in [0.2, 0.25) is 0 Å². The first-order valence-electron chi connectivity index (χ1n) is 6.39.